The zero-order valence-electron chi connectivity index (χ0n) is 47.1. The second-order valence-electron chi connectivity index (χ2n) is 26.2. The number of methoxy groups -OCH3 is 1. The zero-order chi connectivity index (χ0) is 54.0. The number of fused-ring (bicyclic) bond motifs is 8. The van der Waals surface area contributed by atoms with Crippen LogP contribution in [0.1, 0.15) is 169 Å². The van der Waals surface area contributed by atoms with E-state index >= 15 is 0 Å². The van der Waals surface area contributed by atoms with Gasteiger partial charge in [-0.3, -0.25) is 9.59 Å². The average molecular weight is 1050 g/mol. The lowest BCUT2D eigenvalue weighted by atomic mass is 9.43. The van der Waals surface area contributed by atoms with Crippen LogP contribution in [-0.4, -0.2) is 105 Å². The van der Waals surface area contributed by atoms with E-state index in [4.69, 9.17) is 28.4 Å². The van der Waals surface area contributed by atoms with Crippen LogP contribution in [0.4, 0.5) is 15.3 Å². The maximum Gasteiger partial charge on any atom is 0.508 e. The number of alkyl carbamates (subject to hydrolysis) is 1. The Morgan fingerprint density at radius 1 is 0.961 bits per heavy atom. The first-order chi connectivity index (χ1) is 36.2. The molecular weight excluding hydrogens is 961 g/mol. The molecule has 8 aliphatic carbocycles. The minimum absolute atomic E-state index is 0.0587. The van der Waals surface area contributed by atoms with Gasteiger partial charge in [-0.25, -0.2) is 9.59 Å². The van der Waals surface area contributed by atoms with Crippen LogP contribution in [0.15, 0.2) is 47.1 Å². The third kappa shape index (κ3) is 10.0. The van der Waals surface area contributed by atoms with Gasteiger partial charge in [-0.05, 0) is 211 Å². The maximum absolute atomic E-state index is 13.7. The Hall–Kier alpha value is -4.38. The molecular formula is C63H88N2O11. The standard InChI is InChI=1S/C63H88N2O11/c1-10-26-62-28-25-49-46-19-15-40-33-43(66)18-20-45(40)55(46)47(37-63(49,62)76-62)39-13-16-42(17-14-39)65(8)30-32-72-44-24-27-60(6)41(34-44)35-52(74-58(70)73-31-11-29-64-57(69)75-59(3,4)5)56-50-22-21-48(38(2)12-23-54(68)71-9)61(50,7)53(67)36-51(56)60/h13-14,16-17,33,38,41,44,46-53,56,67H,11-12,15,18-25,27-32,34-37H2,1-9H3,(H,64,69)/t38-,41+,44+,46?,47-,48?,49?,50+,51+,52-,53+,56+,60+,61-,62+,63-/m1/s1. The van der Waals surface area contributed by atoms with Gasteiger partial charge in [0, 0.05) is 50.5 Å². The quantitative estimate of drug-likeness (QED) is 0.0563. The number of benzene rings is 1. The van der Waals surface area contributed by atoms with Crippen molar-refractivity contribution >= 4 is 29.7 Å². The van der Waals surface area contributed by atoms with Crippen LogP contribution < -0.4 is 10.2 Å². The smallest absolute Gasteiger partial charge is 0.469 e. The summed E-state index contributed by atoms with van der Waals surface area (Å²) < 4.78 is 36.1. The molecule has 2 N–H and O–H groups in total. The third-order valence-corrected chi connectivity index (χ3v) is 21.4. The Labute approximate surface area is 452 Å². The highest BCUT2D eigenvalue weighted by Crippen LogP contribution is 2.73. The van der Waals surface area contributed by atoms with Crippen molar-refractivity contribution in [2.75, 3.05) is 45.4 Å². The Bertz CT molecular complexity index is 2500. The van der Waals surface area contributed by atoms with Gasteiger partial charge < -0.3 is 43.7 Å². The van der Waals surface area contributed by atoms with Crippen LogP contribution in [0, 0.1) is 70.0 Å². The predicted molar refractivity (Wildman–Crippen MR) is 289 cm³/mol. The fraction of sp³-hybridized carbons (Fsp3) is 0.746. The number of aliphatic hydroxyl groups excluding tert-OH is 1. The summed E-state index contributed by atoms with van der Waals surface area (Å²) in [6.07, 6.45) is 14.0. The Morgan fingerprint density at radius 2 is 1.75 bits per heavy atom. The normalized spacial score (nSPS) is 38.2. The van der Waals surface area contributed by atoms with Crippen molar-refractivity contribution in [3.63, 3.8) is 0 Å². The first-order valence-electron chi connectivity index (χ1n) is 29.3. The van der Waals surface area contributed by atoms with Crippen molar-refractivity contribution in [2.45, 2.75) is 199 Å². The van der Waals surface area contributed by atoms with Crippen LogP contribution in [0.3, 0.4) is 0 Å². The lowest BCUT2D eigenvalue weighted by Crippen LogP contribution is -2.63. The summed E-state index contributed by atoms with van der Waals surface area (Å²) in [5, 5.41) is 15.1. The zero-order valence-corrected chi connectivity index (χ0v) is 47.1. The SMILES string of the molecule is CC#C[C@]12CCC3C4CCC5=CC(=O)CCC5=C4[C@@H](c4ccc(N(C)CCO[C@H]5CC[C@@]6(C)[C@@H](C5)C[C@@H](OC(=O)OCCCNC(=O)OC(C)(C)C)[C@@H]5[C@@H]6C[C@H](O)[C@]6(C)C([C@H](C)CCC(=O)OC)CC[C@@H]56)cc4)C[C@@]31O2. The molecule has 1 aromatic rings. The largest absolute Gasteiger partial charge is 0.508 e. The molecule has 0 bridgehead atoms. The minimum atomic E-state index is -0.691. The number of anilines is 1. The number of carbonyl (C=O) groups is 4. The number of allylic oxidation sites excluding steroid dienone is 4. The molecule has 6 saturated carbocycles. The van der Waals surface area contributed by atoms with E-state index in [9.17, 15) is 24.3 Å². The van der Waals surface area contributed by atoms with Crippen molar-refractivity contribution in [1.29, 1.82) is 0 Å². The van der Waals surface area contributed by atoms with Gasteiger partial charge in [-0.2, -0.15) is 0 Å². The van der Waals surface area contributed by atoms with E-state index in [2.05, 4.69) is 74.1 Å². The van der Waals surface area contributed by atoms with E-state index in [0.29, 0.717) is 63.5 Å². The van der Waals surface area contributed by atoms with Gasteiger partial charge in [0.2, 0.25) is 0 Å². The molecule has 13 heteroatoms. The van der Waals surface area contributed by atoms with Gasteiger partial charge in [0.1, 0.15) is 17.3 Å². The van der Waals surface area contributed by atoms with Crippen molar-refractivity contribution < 1.29 is 52.7 Å². The number of ketones is 1. The summed E-state index contributed by atoms with van der Waals surface area (Å²) in [5.41, 5.74) is 5.22. The van der Waals surface area contributed by atoms with Crippen molar-refractivity contribution in [3.05, 3.63) is 52.6 Å². The fourth-order valence-corrected chi connectivity index (χ4v) is 17.7. The second-order valence-corrected chi connectivity index (χ2v) is 26.2. The third-order valence-electron chi connectivity index (χ3n) is 21.4. The number of likely N-dealkylation sites (N-methyl/N-ethyl adjacent to an activating group) is 1. The average Bonchev–Trinajstić information content (AvgIpc) is 3.64. The number of carbonyl (C=O) groups excluding carboxylic acids is 4. The number of amides is 1. The summed E-state index contributed by atoms with van der Waals surface area (Å²) in [7, 11) is 3.57. The van der Waals surface area contributed by atoms with E-state index in [1.807, 2.05) is 33.8 Å². The number of nitrogens with zero attached hydrogens (tertiary/aromatic N) is 1. The van der Waals surface area contributed by atoms with Crippen molar-refractivity contribution in [1.82, 2.24) is 5.32 Å². The second kappa shape index (κ2) is 21.3. The molecule has 0 radical (unpaired) electrons. The summed E-state index contributed by atoms with van der Waals surface area (Å²) in [6, 6.07) is 9.18. The van der Waals surface area contributed by atoms with Gasteiger partial charge in [0.15, 0.2) is 11.4 Å². The van der Waals surface area contributed by atoms with E-state index in [1.54, 1.807) is 5.57 Å². The highest BCUT2D eigenvalue weighted by molar-refractivity contribution is 5.93. The molecule has 0 aromatic heterocycles. The van der Waals surface area contributed by atoms with E-state index in [-0.39, 0.29) is 88.6 Å². The molecule has 16 atom stereocenters. The predicted octanol–water partition coefficient (Wildman–Crippen LogP) is 11.2. The summed E-state index contributed by atoms with van der Waals surface area (Å²) in [5.74, 6) is 9.02. The Balaban J connectivity index is 0.796. The van der Waals surface area contributed by atoms with Gasteiger partial charge in [-0.1, -0.05) is 44.4 Å². The number of nitrogens with one attached hydrogen (secondary N) is 1. The molecule has 1 spiro atoms. The number of rotatable bonds is 15. The lowest BCUT2D eigenvalue weighted by Gasteiger charge is -2.64. The highest BCUT2D eigenvalue weighted by Gasteiger charge is 2.79. The monoisotopic (exact) mass is 1050 g/mol. The molecule has 1 aliphatic heterocycles. The first-order valence-corrected chi connectivity index (χ1v) is 29.3. The molecule has 1 heterocycles. The van der Waals surface area contributed by atoms with Crippen molar-refractivity contribution in [2.24, 2.45) is 58.2 Å². The van der Waals surface area contributed by atoms with Gasteiger partial charge in [-0.15, -0.1) is 5.92 Å². The van der Waals surface area contributed by atoms with Crippen LogP contribution in [0.5, 0.6) is 0 Å². The molecule has 3 unspecified atom stereocenters. The molecule has 1 amide bonds. The summed E-state index contributed by atoms with van der Waals surface area (Å²) >= 11 is 0. The molecule has 10 rings (SSSR count). The molecule has 1 saturated heterocycles. The number of ether oxygens (including phenoxy) is 6. The van der Waals surface area contributed by atoms with Crippen LogP contribution in [0.2, 0.25) is 0 Å². The highest BCUT2D eigenvalue weighted by atomic mass is 16.7. The van der Waals surface area contributed by atoms with Gasteiger partial charge >= 0.3 is 18.2 Å². The number of hydrogen-bond acceptors (Lipinski definition) is 12. The fourth-order valence-electron chi connectivity index (χ4n) is 17.7. The van der Waals surface area contributed by atoms with Crippen LogP contribution in [0.25, 0.3) is 0 Å². The maximum atomic E-state index is 13.7. The molecule has 13 nitrogen and oxygen atoms in total. The first kappa shape index (κ1) is 55.0. The molecule has 1 aromatic carbocycles. The van der Waals surface area contributed by atoms with Crippen LogP contribution >= 0.6 is 0 Å². The molecule has 416 valence electrons. The Kier molecular flexibility index (Phi) is 15.4. The molecule has 7 fully saturated rings. The van der Waals surface area contributed by atoms with Crippen molar-refractivity contribution in [3.8, 4) is 11.8 Å². The topological polar surface area (TPSA) is 162 Å². The Morgan fingerprint density at radius 3 is 2.50 bits per heavy atom. The summed E-state index contributed by atoms with van der Waals surface area (Å²) in [6.45, 7) is 16.0. The molecule has 76 heavy (non-hydrogen) atoms. The summed E-state index contributed by atoms with van der Waals surface area (Å²) in [4.78, 5) is 53.0. The van der Waals surface area contributed by atoms with Crippen LogP contribution in [-0.2, 0) is 38.0 Å². The number of epoxide rings is 1. The number of aliphatic hydroxyl groups is 1. The molecule has 9 aliphatic rings. The van der Waals surface area contributed by atoms with Gasteiger partial charge in [0.05, 0.1) is 32.5 Å². The number of esters is 1. The van der Waals surface area contributed by atoms with Gasteiger partial charge in [0.25, 0.3) is 0 Å². The van der Waals surface area contributed by atoms with E-state index < -0.39 is 29.4 Å². The van der Waals surface area contributed by atoms with E-state index in [1.165, 1.54) is 23.8 Å². The number of hydrogen-bond donors (Lipinski definition) is 2. The van der Waals surface area contributed by atoms with E-state index in [0.717, 1.165) is 82.9 Å². The minimum Gasteiger partial charge on any atom is -0.469 e. The lowest BCUT2D eigenvalue weighted by molar-refractivity contribution is -0.211.